The average molecular weight is 1760 g/mol. The highest BCUT2D eigenvalue weighted by atomic mass is 16.8. The van der Waals surface area contributed by atoms with Crippen LogP contribution in [0.5, 0.6) is 0 Å². The van der Waals surface area contributed by atoms with E-state index in [0.29, 0.717) is 0 Å². The third-order valence-electron chi connectivity index (χ3n) is 26.1. The number of hydrogen-bond acceptors (Lipinski definition) is 45. The van der Waals surface area contributed by atoms with Crippen molar-refractivity contribution in [3.63, 3.8) is 0 Å². The first kappa shape index (κ1) is 96.4. The van der Waals surface area contributed by atoms with Crippen LogP contribution in [-0.4, -0.2) is 402 Å². The first-order valence-electron chi connectivity index (χ1n) is 41.2. The molecule has 0 spiro atoms. The predicted molar refractivity (Wildman–Crippen MR) is 386 cm³/mol. The highest BCUT2D eigenvalue weighted by Crippen LogP contribution is 2.43. The van der Waals surface area contributed by atoms with Gasteiger partial charge in [-0.2, -0.15) is 0 Å². The van der Waals surface area contributed by atoms with Crippen molar-refractivity contribution in [2.45, 2.75) is 342 Å². The Morgan fingerprint density at radius 1 is 0.213 bits per heavy atom. The summed E-state index contributed by atoms with van der Waals surface area (Å²) in [6.07, 6.45) is -79.0. The smallest absolute Gasteiger partial charge is 0.311 e. The largest absolute Gasteiger partial charge is 0.492 e. The van der Waals surface area contributed by atoms with Gasteiger partial charge in [-0.05, 0) is 96.3 Å². The van der Waals surface area contributed by atoms with Crippen molar-refractivity contribution in [1.29, 1.82) is 0 Å². The Bertz CT molecular complexity index is 3570. The van der Waals surface area contributed by atoms with Crippen LogP contribution < -0.4 is 0 Å². The number of esters is 9. The molecule has 0 aromatic carbocycles. The number of rotatable bonds is 22. The fraction of sp³-hybridized carbons (Fsp3) is 0.857. The van der Waals surface area contributed by atoms with Gasteiger partial charge in [0.25, 0.3) is 0 Å². The van der Waals surface area contributed by atoms with Crippen molar-refractivity contribution in [1.82, 2.24) is 0 Å². The summed E-state index contributed by atoms with van der Waals surface area (Å²) in [7, 11) is 0. The van der Waals surface area contributed by atoms with Gasteiger partial charge in [0.1, 0.15) is 104 Å². The van der Waals surface area contributed by atoms with Crippen LogP contribution in [0.2, 0.25) is 0 Å². The quantitative estimate of drug-likeness (QED) is 0.0272. The lowest BCUT2D eigenvalue weighted by molar-refractivity contribution is -0.306. The van der Waals surface area contributed by atoms with Gasteiger partial charge in [-0.3, -0.25) is 43.2 Å². The summed E-state index contributed by atoms with van der Waals surface area (Å²) >= 11 is 0. The molecule has 45 nitrogen and oxygen atoms in total. The third-order valence-corrected chi connectivity index (χ3v) is 26.1. The van der Waals surface area contributed by atoms with E-state index in [1.54, 1.807) is 0 Å². The molecule has 0 bridgehead atoms. The Balaban J connectivity index is 0.980. The van der Waals surface area contributed by atoms with E-state index >= 15 is 19.2 Å². The summed E-state index contributed by atoms with van der Waals surface area (Å²) in [6.45, 7) is 2.48. The number of carbonyl (C=O) groups is 9. The monoisotopic (exact) mass is 1760 g/mol. The van der Waals surface area contributed by atoms with Crippen LogP contribution in [0, 0.1) is 59.2 Å². The van der Waals surface area contributed by atoms with E-state index in [0.717, 1.165) is 0 Å². The van der Waals surface area contributed by atoms with Crippen LogP contribution in [0.4, 0.5) is 0 Å². The minimum absolute atomic E-state index is 0.223. The maximum absolute atomic E-state index is 15.6. The van der Waals surface area contributed by atoms with E-state index in [4.69, 9.17) is 52.1 Å². The molecular weight excluding hydrogens is 1640 g/mol. The molecule has 11 fully saturated rings. The molecule has 10 saturated carbocycles. The molecule has 35 atom stereocenters. The van der Waals surface area contributed by atoms with Crippen LogP contribution >= 0.6 is 0 Å². The molecule has 30 unspecified atom stereocenters. The normalized spacial score (nSPS) is 47.0. The maximum atomic E-state index is 15.6. The number of allylic oxidation sites excluding steroid dienone is 1. The second-order valence-electron chi connectivity index (χ2n) is 34.9. The van der Waals surface area contributed by atoms with E-state index < -0.39 is 449 Å². The Labute approximate surface area is 694 Å². The lowest BCUT2D eigenvalue weighted by Gasteiger charge is -2.46. The maximum Gasteiger partial charge on any atom is 0.311 e. The Hall–Kier alpha value is -6.27. The van der Waals surface area contributed by atoms with E-state index in [2.05, 4.69) is 6.58 Å². The molecule has 0 radical (unpaired) electrons. The van der Waals surface area contributed by atoms with Crippen molar-refractivity contribution in [3.05, 3.63) is 12.3 Å². The molecule has 1 heterocycles. The highest BCUT2D eigenvalue weighted by Gasteiger charge is 2.60. The number of hydrogen-bond donors (Lipinski definition) is 25. The molecule has 692 valence electrons. The minimum atomic E-state index is -2.72. The Morgan fingerprint density at radius 3 is 0.664 bits per heavy atom. The van der Waals surface area contributed by atoms with Crippen molar-refractivity contribution >= 4 is 53.7 Å². The van der Waals surface area contributed by atoms with Crippen molar-refractivity contribution in [3.8, 4) is 0 Å². The number of carbonyl (C=O) groups excluding carboxylic acids is 9. The van der Waals surface area contributed by atoms with E-state index in [9.17, 15) is 152 Å². The molecule has 11 rings (SSSR count). The molecule has 11 aliphatic rings. The number of aliphatic hydroxyl groups excluding tert-OH is 25. The van der Waals surface area contributed by atoms with Crippen LogP contribution in [0.3, 0.4) is 0 Å². The van der Waals surface area contributed by atoms with Crippen LogP contribution in [0.15, 0.2) is 12.3 Å². The van der Waals surface area contributed by atoms with Gasteiger partial charge in [0.05, 0.1) is 151 Å². The minimum Gasteiger partial charge on any atom is -0.492 e. The summed E-state index contributed by atoms with van der Waals surface area (Å²) in [6, 6.07) is 0. The van der Waals surface area contributed by atoms with Crippen molar-refractivity contribution < 1.29 is 223 Å². The first-order chi connectivity index (χ1) is 57.4. The Kier molecular flexibility index (Phi) is 32.2. The summed E-state index contributed by atoms with van der Waals surface area (Å²) in [4.78, 5) is 132. The van der Waals surface area contributed by atoms with Gasteiger partial charge in [0.15, 0.2) is 12.2 Å². The molecule has 122 heavy (non-hydrogen) atoms. The summed E-state index contributed by atoms with van der Waals surface area (Å²) in [5.41, 5.74) is 0. The highest BCUT2D eigenvalue weighted by molar-refractivity contribution is 5.79. The van der Waals surface area contributed by atoms with Gasteiger partial charge in [0, 0.05) is 38.0 Å². The molecule has 0 amide bonds. The summed E-state index contributed by atoms with van der Waals surface area (Å²) < 4.78 is 65.4. The molecule has 0 aromatic heterocycles. The van der Waals surface area contributed by atoms with Gasteiger partial charge in [-0.25, -0.2) is 0 Å². The second kappa shape index (κ2) is 40.8. The average Bonchev–Trinajstić information content (AvgIpc) is 0.763. The zero-order valence-corrected chi connectivity index (χ0v) is 65.9. The van der Waals surface area contributed by atoms with Gasteiger partial charge in [0.2, 0.25) is 12.4 Å². The van der Waals surface area contributed by atoms with E-state index in [1.807, 2.05) is 0 Å². The molecule has 25 N–H and O–H groups in total. The lowest BCUT2D eigenvalue weighted by atomic mass is 9.81. The number of ether oxygens (including phenoxy) is 11. The van der Waals surface area contributed by atoms with Crippen LogP contribution in [0.25, 0.3) is 0 Å². The molecular formula is C77H114O45. The fourth-order valence-electron chi connectivity index (χ4n) is 18.6. The predicted octanol–water partition coefficient (Wildman–Crippen LogP) is -11.8. The number of aliphatic hydroxyl groups is 25. The molecule has 10 aliphatic carbocycles. The summed E-state index contributed by atoms with van der Waals surface area (Å²) in [5.74, 6) is -28.0. The van der Waals surface area contributed by atoms with Crippen molar-refractivity contribution in [2.24, 2.45) is 59.2 Å². The molecule has 45 heteroatoms. The van der Waals surface area contributed by atoms with Crippen LogP contribution in [-0.2, 0) is 95.3 Å². The van der Waals surface area contributed by atoms with Crippen molar-refractivity contribution in [2.75, 3.05) is 6.61 Å². The standard InChI is InChI=1S/C77H114O45/c1-23(24-2-34(78)55(93)35(79)3-24)113-49-18-33(16-45(89)60(49)98)76(111)122-77-67(121-75(110)32-15-48(92)64(102)53(21-32)117-72(107)28-10-42(86)59(97)43(87)11-28)66(120-74(109)31-14-47(91)63(101)52(20-31)116-71(106)27-8-40(84)58(96)41(85)9-27)65(119-73(108)30-13-46(90)62(100)51(19-30)115-70(105)26-6-38(82)57(95)39(83)7-26)54(118-77)22-112-68(103)29-12-44(88)61(99)50(17-29)114-69(104)25-4-36(80)56(94)37(81)5-25/h24-67,77-102H,1-22H2/t24?,25?,26?,27?,28?,29?,30?,31?,32?,33?,34?,35?,36?,37?,38?,39?,40?,41?,42?,43?,44?,45?,46?,47?,48?,49?,50?,51?,52?,53?,54-,55?,56?,57?,58?,59?,60?,61?,62?,63?,64?,65+,66-,67+,77+/m0/s1. The Morgan fingerprint density at radius 2 is 0.402 bits per heavy atom. The molecule has 1 aliphatic heterocycles. The zero-order chi connectivity index (χ0) is 89.4. The van der Waals surface area contributed by atoms with Gasteiger partial charge in [-0.1, -0.05) is 6.58 Å². The van der Waals surface area contributed by atoms with E-state index in [-0.39, 0.29) is 18.6 Å². The second-order valence-corrected chi connectivity index (χ2v) is 34.9. The first-order valence-corrected chi connectivity index (χ1v) is 41.2. The zero-order valence-electron chi connectivity index (χ0n) is 65.9. The molecule has 0 aromatic rings. The SMILES string of the molecule is C=C(OC1CC(C(=O)O[C@H]2O[C@@H](COC(=O)C3CC(O)C(O)C(OC(=O)C4CC(O)C(O)C(O)C4)C3)[C@@H](OC(=O)C3CC(O)C(O)C(OC(=O)C4CC(O)C(O)C(O)C4)C3)[C@H](OC(=O)C3CC(O)C(O)C(OC(=O)C4CC(O)C(O)C(O)C4)C3)[C@H]2OC(=O)C2CC(O)C(O)C(OC(=O)C3CC(O)C(O)C(O)C3)C2)CC(O)C1O)C1CC(O)C(O)C(O)C1. The lowest BCUT2D eigenvalue weighted by Crippen LogP contribution is -2.64. The van der Waals surface area contributed by atoms with Gasteiger partial charge < -0.3 is 180 Å². The van der Waals surface area contributed by atoms with Gasteiger partial charge >= 0.3 is 53.7 Å². The third kappa shape index (κ3) is 22.3. The fourth-order valence-corrected chi connectivity index (χ4v) is 18.6. The van der Waals surface area contributed by atoms with E-state index in [1.165, 1.54) is 0 Å². The summed E-state index contributed by atoms with van der Waals surface area (Å²) in [5, 5.41) is 270. The molecule has 1 saturated heterocycles. The van der Waals surface area contributed by atoms with Gasteiger partial charge in [-0.15, -0.1) is 0 Å². The topological polar surface area (TPSA) is 761 Å². The van der Waals surface area contributed by atoms with Crippen LogP contribution in [0.1, 0.15) is 128 Å².